The van der Waals surface area contributed by atoms with Crippen molar-refractivity contribution in [1.82, 2.24) is 9.80 Å². The Balaban J connectivity index is 1.61. The molecule has 1 heterocycles. The average molecular weight is 387 g/mol. The van der Waals surface area contributed by atoms with Gasteiger partial charge >= 0.3 is 0 Å². The van der Waals surface area contributed by atoms with E-state index in [1.54, 1.807) is 6.08 Å². The quantitative estimate of drug-likeness (QED) is 0.716. The molecule has 142 valence electrons. The lowest BCUT2D eigenvalue weighted by Crippen LogP contribution is -2.57. The zero-order valence-corrected chi connectivity index (χ0v) is 16.4. The molecule has 0 radical (unpaired) electrons. The number of rotatable bonds is 4. The third-order valence-electron chi connectivity index (χ3n) is 4.99. The Morgan fingerprint density at radius 2 is 1.74 bits per heavy atom. The van der Waals surface area contributed by atoms with E-state index >= 15 is 0 Å². The second-order valence-corrected chi connectivity index (χ2v) is 7.57. The topological polar surface area (TPSA) is 23.6 Å². The molecule has 2 aromatic rings. The van der Waals surface area contributed by atoms with Crippen molar-refractivity contribution in [3.63, 3.8) is 0 Å². The molecule has 0 aromatic heterocycles. The third-order valence-corrected chi connectivity index (χ3v) is 5.24. The minimum Gasteiger partial charge on any atom is -0.334 e. The molecule has 0 N–H and O–H groups in total. The minimum atomic E-state index is -0.219. The van der Waals surface area contributed by atoms with E-state index < -0.39 is 0 Å². The maximum Gasteiger partial charge on any atom is 0.246 e. The number of amides is 1. The summed E-state index contributed by atoms with van der Waals surface area (Å²) in [6, 6.07) is 14.4. The first-order valence-corrected chi connectivity index (χ1v) is 9.53. The summed E-state index contributed by atoms with van der Waals surface area (Å²) in [6.07, 6.45) is 3.45. The second-order valence-electron chi connectivity index (χ2n) is 7.13. The second kappa shape index (κ2) is 8.68. The first-order chi connectivity index (χ1) is 12.9. The maximum absolute atomic E-state index is 13.1. The van der Waals surface area contributed by atoms with Crippen LogP contribution in [0.2, 0.25) is 5.02 Å². The molecule has 3 nitrogen and oxygen atoms in total. The number of carbonyl (C=O) groups is 1. The van der Waals surface area contributed by atoms with E-state index in [1.165, 1.54) is 12.1 Å². The summed E-state index contributed by atoms with van der Waals surface area (Å²) in [6.45, 7) is 6.41. The van der Waals surface area contributed by atoms with Gasteiger partial charge in [0.2, 0.25) is 5.91 Å². The highest BCUT2D eigenvalue weighted by Gasteiger charge is 2.30. The maximum atomic E-state index is 13.1. The van der Waals surface area contributed by atoms with Crippen molar-refractivity contribution in [3.8, 4) is 0 Å². The molecular formula is C22H24ClFN2O. The molecule has 1 fully saturated rings. The van der Waals surface area contributed by atoms with Crippen LogP contribution in [-0.4, -0.2) is 40.9 Å². The molecule has 0 aliphatic carbocycles. The highest BCUT2D eigenvalue weighted by atomic mass is 35.5. The smallest absolute Gasteiger partial charge is 0.246 e. The van der Waals surface area contributed by atoms with Gasteiger partial charge in [-0.05, 0) is 55.3 Å². The van der Waals surface area contributed by atoms with E-state index in [9.17, 15) is 9.18 Å². The van der Waals surface area contributed by atoms with Gasteiger partial charge in [-0.15, -0.1) is 0 Å². The van der Waals surface area contributed by atoms with Crippen LogP contribution >= 0.6 is 11.6 Å². The van der Waals surface area contributed by atoms with Crippen molar-refractivity contribution < 1.29 is 9.18 Å². The largest absolute Gasteiger partial charge is 0.334 e. The van der Waals surface area contributed by atoms with Gasteiger partial charge in [-0.25, -0.2) is 4.39 Å². The van der Waals surface area contributed by atoms with Crippen LogP contribution in [0.25, 0.3) is 6.08 Å². The lowest BCUT2D eigenvalue weighted by atomic mass is 10.1. The van der Waals surface area contributed by atoms with E-state index in [-0.39, 0.29) is 23.8 Å². The molecule has 0 unspecified atom stereocenters. The normalized spacial score (nSPS) is 21.0. The number of hydrogen-bond acceptors (Lipinski definition) is 2. The molecule has 0 bridgehead atoms. The van der Waals surface area contributed by atoms with Crippen LogP contribution in [-0.2, 0) is 11.3 Å². The summed E-state index contributed by atoms with van der Waals surface area (Å²) < 4.78 is 13.1. The molecule has 2 aromatic carbocycles. The predicted octanol–water partition coefficient (Wildman–Crippen LogP) is 4.61. The lowest BCUT2D eigenvalue weighted by molar-refractivity contribution is -0.131. The minimum absolute atomic E-state index is 0.0192. The zero-order chi connectivity index (χ0) is 19.4. The number of halogens is 2. The Morgan fingerprint density at radius 1 is 1.07 bits per heavy atom. The monoisotopic (exact) mass is 386 g/mol. The summed E-state index contributed by atoms with van der Waals surface area (Å²) >= 11 is 5.89. The summed E-state index contributed by atoms with van der Waals surface area (Å²) in [5.74, 6) is -0.200. The molecule has 5 heteroatoms. The average Bonchev–Trinajstić information content (AvgIpc) is 2.65. The molecule has 3 rings (SSSR count). The Kier molecular flexibility index (Phi) is 6.30. The van der Waals surface area contributed by atoms with Gasteiger partial charge in [0.15, 0.2) is 0 Å². The van der Waals surface area contributed by atoms with E-state index in [2.05, 4.69) is 18.7 Å². The molecule has 1 amide bonds. The number of piperazine rings is 1. The van der Waals surface area contributed by atoms with Crippen molar-refractivity contribution >= 4 is 23.6 Å². The number of hydrogen-bond donors (Lipinski definition) is 0. The first-order valence-electron chi connectivity index (χ1n) is 9.15. The molecule has 2 atom stereocenters. The van der Waals surface area contributed by atoms with Crippen LogP contribution in [0.5, 0.6) is 0 Å². The Morgan fingerprint density at radius 3 is 2.41 bits per heavy atom. The fourth-order valence-corrected chi connectivity index (χ4v) is 3.51. The highest BCUT2D eigenvalue weighted by Crippen LogP contribution is 2.19. The number of benzene rings is 2. The van der Waals surface area contributed by atoms with Gasteiger partial charge in [-0.2, -0.15) is 0 Å². The first kappa shape index (κ1) is 19.6. The van der Waals surface area contributed by atoms with Gasteiger partial charge in [0.1, 0.15) is 5.82 Å². The lowest BCUT2D eigenvalue weighted by Gasteiger charge is -2.44. The highest BCUT2D eigenvalue weighted by molar-refractivity contribution is 6.30. The fourth-order valence-electron chi connectivity index (χ4n) is 3.39. The van der Waals surface area contributed by atoms with Gasteiger partial charge in [-0.1, -0.05) is 35.9 Å². The summed E-state index contributed by atoms with van der Waals surface area (Å²) in [4.78, 5) is 16.9. The number of carbonyl (C=O) groups excluding carboxylic acids is 1. The van der Waals surface area contributed by atoms with Gasteiger partial charge < -0.3 is 4.90 Å². The zero-order valence-electron chi connectivity index (χ0n) is 15.6. The molecule has 0 spiro atoms. The van der Waals surface area contributed by atoms with Gasteiger partial charge in [0, 0.05) is 42.8 Å². The van der Waals surface area contributed by atoms with Gasteiger partial charge in [-0.3, -0.25) is 9.69 Å². The Labute approximate surface area is 165 Å². The predicted molar refractivity (Wildman–Crippen MR) is 108 cm³/mol. The van der Waals surface area contributed by atoms with E-state index in [0.29, 0.717) is 11.6 Å². The van der Waals surface area contributed by atoms with Crippen LogP contribution in [0.15, 0.2) is 54.6 Å². The third kappa shape index (κ3) is 5.18. The molecule has 0 saturated carbocycles. The van der Waals surface area contributed by atoms with E-state index in [0.717, 1.165) is 24.2 Å². The fraction of sp³-hybridized carbons (Fsp3) is 0.318. The Hall–Kier alpha value is -2.17. The molecule has 1 saturated heterocycles. The summed E-state index contributed by atoms with van der Waals surface area (Å²) in [5.41, 5.74) is 2.03. The van der Waals surface area contributed by atoms with Crippen LogP contribution in [0, 0.1) is 5.82 Å². The van der Waals surface area contributed by atoms with Gasteiger partial charge in [0.25, 0.3) is 0 Å². The SMILES string of the molecule is C[C@@H]1CN(C(=O)C=Cc2ccc(Cl)cc2)[C@H](C)CN1Cc1ccc(F)cc1. The van der Waals surface area contributed by atoms with Crippen molar-refractivity contribution in [2.75, 3.05) is 13.1 Å². The van der Waals surface area contributed by atoms with Crippen molar-refractivity contribution in [1.29, 1.82) is 0 Å². The van der Waals surface area contributed by atoms with E-state index in [4.69, 9.17) is 11.6 Å². The summed E-state index contributed by atoms with van der Waals surface area (Å²) in [7, 11) is 0. The molecular weight excluding hydrogens is 363 g/mol. The molecule has 1 aliphatic rings. The van der Waals surface area contributed by atoms with Crippen LogP contribution in [0.4, 0.5) is 4.39 Å². The standard InChI is InChI=1S/C22H24ClFN2O/c1-16-14-26(22(27)12-7-18-3-8-20(23)9-4-18)17(2)13-25(16)15-19-5-10-21(24)11-6-19/h3-12,16-17H,13-15H2,1-2H3/t16-,17-/m1/s1. The molecule has 1 aliphatic heterocycles. The van der Waals surface area contributed by atoms with Crippen LogP contribution < -0.4 is 0 Å². The van der Waals surface area contributed by atoms with Crippen molar-refractivity contribution in [2.45, 2.75) is 32.5 Å². The summed E-state index contributed by atoms with van der Waals surface area (Å²) in [5, 5.41) is 0.679. The van der Waals surface area contributed by atoms with Crippen molar-refractivity contribution in [3.05, 3.63) is 76.6 Å². The Bertz CT molecular complexity index is 804. The van der Waals surface area contributed by atoms with Crippen LogP contribution in [0.1, 0.15) is 25.0 Å². The van der Waals surface area contributed by atoms with Gasteiger partial charge in [0.05, 0.1) is 0 Å². The molecule has 27 heavy (non-hydrogen) atoms. The van der Waals surface area contributed by atoms with Crippen LogP contribution in [0.3, 0.4) is 0 Å². The van der Waals surface area contributed by atoms with Crippen molar-refractivity contribution in [2.24, 2.45) is 0 Å². The van der Waals surface area contributed by atoms with E-state index in [1.807, 2.05) is 47.4 Å². The number of nitrogens with zero attached hydrogens (tertiary/aromatic N) is 2.